The lowest BCUT2D eigenvalue weighted by atomic mass is 10.3. The van der Waals surface area contributed by atoms with E-state index in [0.717, 1.165) is 23.3 Å². The van der Waals surface area contributed by atoms with Gasteiger partial charge in [0.05, 0.1) is 0 Å². The van der Waals surface area contributed by atoms with Crippen molar-refractivity contribution in [3.05, 3.63) is 0 Å². The van der Waals surface area contributed by atoms with Crippen LogP contribution in [0.4, 0.5) is 0 Å². The van der Waals surface area contributed by atoms with Crippen LogP contribution < -0.4 is 5.73 Å². The van der Waals surface area contributed by atoms with E-state index in [0.29, 0.717) is 0 Å². The predicted octanol–water partition coefficient (Wildman–Crippen LogP) is 1.56. The molecule has 0 aliphatic heterocycles. The molecule has 58 valence electrons. The molecule has 0 amide bonds. The van der Waals surface area contributed by atoms with E-state index in [1.807, 2.05) is 0 Å². The number of halogens is 1. The van der Waals surface area contributed by atoms with Gasteiger partial charge in [-0.2, -0.15) is 0 Å². The SMILES string of the molecule is Cl.NCC1C2(CC2)C12CC2. The predicted molar refractivity (Wildman–Crippen MR) is 43.1 cm³/mol. The Morgan fingerprint density at radius 1 is 1.10 bits per heavy atom. The molecule has 0 aromatic heterocycles. The first-order valence-corrected chi connectivity index (χ1v) is 4.06. The normalized spacial score (nSPS) is 41.1. The fourth-order valence-corrected chi connectivity index (χ4v) is 3.25. The molecule has 0 aromatic rings. The van der Waals surface area contributed by atoms with Gasteiger partial charge >= 0.3 is 0 Å². The van der Waals surface area contributed by atoms with Gasteiger partial charge in [0.1, 0.15) is 0 Å². The Labute approximate surface area is 67.8 Å². The van der Waals surface area contributed by atoms with Crippen LogP contribution in [0.2, 0.25) is 0 Å². The van der Waals surface area contributed by atoms with Crippen LogP contribution in [0.5, 0.6) is 0 Å². The van der Waals surface area contributed by atoms with Crippen molar-refractivity contribution in [3.8, 4) is 0 Å². The summed E-state index contributed by atoms with van der Waals surface area (Å²) in [4.78, 5) is 0. The average molecular weight is 160 g/mol. The highest BCUT2D eigenvalue weighted by atomic mass is 35.5. The Morgan fingerprint density at radius 3 is 1.60 bits per heavy atom. The summed E-state index contributed by atoms with van der Waals surface area (Å²) >= 11 is 0. The maximum atomic E-state index is 5.67. The molecule has 0 aromatic carbocycles. The molecule has 3 fully saturated rings. The maximum absolute atomic E-state index is 5.67. The first kappa shape index (κ1) is 6.93. The zero-order valence-electron chi connectivity index (χ0n) is 6.10. The van der Waals surface area contributed by atoms with Gasteiger partial charge in [-0.05, 0) is 49.0 Å². The van der Waals surface area contributed by atoms with Crippen LogP contribution in [0.3, 0.4) is 0 Å². The van der Waals surface area contributed by atoms with Crippen molar-refractivity contribution in [2.45, 2.75) is 25.7 Å². The van der Waals surface area contributed by atoms with Gasteiger partial charge in [-0.3, -0.25) is 0 Å². The van der Waals surface area contributed by atoms with Crippen LogP contribution in [0.15, 0.2) is 0 Å². The molecule has 2 heteroatoms. The molecule has 3 saturated carbocycles. The lowest BCUT2D eigenvalue weighted by Gasteiger charge is -1.83. The molecule has 0 bridgehead atoms. The molecule has 2 spiro atoms. The molecule has 0 heterocycles. The standard InChI is InChI=1S/C8H13N.ClH/c9-5-6-7(1-2-7)8(6)3-4-8;/h6H,1-5,9H2;1H. The van der Waals surface area contributed by atoms with Gasteiger partial charge in [0.25, 0.3) is 0 Å². The van der Waals surface area contributed by atoms with Crippen molar-refractivity contribution in [1.82, 2.24) is 0 Å². The minimum absolute atomic E-state index is 0. The minimum atomic E-state index is 0. The third kappa shape index (κ3) is 0.444. The van der Waals surface area contributed by atoms with Crippen LogP contribution in [-0.2, 0) is 0 Å². The number of nitrogens with two attached hydrogens (primary N) is 1. The summed E-state index contributed by atoms with van der Waals surface area (Å²) in [6.07, 6.45) is 6.04. The van der Waals surface area contributed by atoms with Crippen molar-refractivity contribution in [3.63, 3.8) is 0 Å². The number of hydrogen-bond donors (Lipinski definition) is 1. The Kier molecular flexibility index (Phi) is 1.06. The van der Waals surface area contributed by atoms with E-state index in [-0.39, 0.29) is 12.4 Å². The lowest BCUT2D eigenvalue weighted by molar-refractivity contribution is 0.716. The molecule has 1 nitrogen and oxygen atoms in total. The Morgan fingerprint density at radius 2 is 1.50 bits per heavy atom. The summed E-state index contributed by atoms with van der Waals surface area (Å²) < 4.78 is 0. The molecule has 0 radical (unpaired) electrons. The highest BCUT2D eigenvalue weighted by Gasteiger charge is 2.85. The molecule has 10 heavy (non-hydrogen) atoms. The van der Waals surface area contributed by atoms with Crippen molar-refractivity contribution in [1.29, 1.82) is 0 Å². The number of fused-ring (bicyclic) bond motifs is 1. The van der Waals surface area contributed by atoms with E-state index >= 15 is 0 Å². The van der Waals surface area contributed by atoms with Crippen molar-refractivity contribution in [2.24, 2.45) is 22.5 Å². The van der Waals surface area contributed by atoms with E-state index in [1.165, 1.54) is 25.7 Å². The smallest absolute Gasteiger partial charge is 0.00378 e. The number of rotatable bonds is 1. The van der Waals surface area contributed by atoms with Crippen LogP contribution in [0.25, 0.3) is 0 Å². The Hall–Kier alpha value is 0.250. The second-order valence-corrected chi connectivity index (χ2v) is 4.10. The van der Waals surface area contributed by atoms with Crippen LogP contribution in [0, 0.1) is 16.7 Å². The summed E-state index contributed by atoms with van der Waals surface area (Å²) in [5.74, 6) is 0.963. The third-order valence-electron chi connectivity index (χ3n) is 4.06. The van der Waals surface area contributed by atoms with E-state index in [9.17, 15) is 0 Å². The van der Waals surface area contributed by atoms with E-state index in [1.54, 1.807) is 0 Å². The first-order valence-electron chi connectivity index (χ1n) is 4.06. The van der Waals surface area contributed by atoms with Gasteiger partial charge in [-0.25, -0.2) is 0 Å². The monoisotopic (exact) mass is 159 g/mol. The van der Waals surface area contributed by atoms with Crippen LogP contribution >= 0.6 is 12.4 Å². The van der Waals surface area contributed by atoms with Crippen molar-refractivity contribution < 1.29 is 0 Å². The maximum Gasteiger partial charge on any atom is -0.00378 e. The second-order valence-electron chi connectivity index (χ2n) is 4.10. The average Bonchev–Trinajstić information content (AvgIpc) is 2.56. The first-order chi connectivity index (χ1) is 4.36. The summed E-state index contributed by atoms with van der Waals surface area (Å²) in [5, 5.41) is 0. The van der Waals surface area contributed by atoms with Crippen LogP contribution in [-0.4, -0.2) is 6.54 Å². The van der Waals surface area contributed by atoms with Gasteiger partial charge in [0, 0.05) is 0 Å². The van der Waals surface area contributed by atoms with Gasteiger partial charge < -0.3 is 5.73 Å². The molecule has 0 unspecified atom stereocenters. The number of hydrogen-bond acceptors (Lipinski definition) is 1. The molecule has 3 aliphatic rings. The molecular weight excluding hydrogens is 146 g/mol. The summed E-state index contributed by atoms with van der Waals surface area (Å²) in [5.41, 5.74) is 7.36. The van der Waals surface area contributed by atoms with Crippen LogP contribution in [0.1, 0.15) is 25.7 Å². The van der Waals surface area contributed by atoms with E-state index in [4.69, 9.17) is 5.73 Å². The van der Waals surface area contributed by atoms with Gasteiger partial charge in [0.2, 0.25) is 0 Å². The summed E-state index contributed by atoms with van der Waals surface area (Å²) in [6.45, 7) is 0.972. The highest BCUT2D eigenvalue weighted by Crippen LogP contribution is 2.92. The van der Waals surface area contributed by atoms with Gasteiger partial charge in [-0.1, -0.05) is 0 Å². The molecule has 2 N–H and O–H groups in total. The van der Waals surface area contributed by atoms with Crippen molar-refractivity contribution >= 4 is 12.4 Å². The largest absolute Gasteiger partial charge is 0.330 e. The van der Waals surface area contributed by atoms with Gasteiger partial charge in [0.15, 0.2) is 0 Å². The fraction of sp³-hybridized carbons (Fsp3) is 1.00. The fourth-order valence-electron chi connectivity index (χ4n) is 3.25. The molecule has 3 rings (SSSR count). The zero-order valence-corrected chi connectivity index (χ0v) is 6.91. The quantitative estimate of drug-likeness (QED) is 0.618. The highest BCUT2D eigenvalue weighted by molar-refractivity contribution is 5.85. The minimum Gasteiger partial charge on any atom is -0.330 e. The van der Waals surface area contributed by atoms with Crippen molar-refractivity contribution in [2.75, 3.05) is 6.54 Å². The Bertz CT molecular complexity index is 152. The molecule has 0 saturated heterocycles. The third-order valence-corrected chi connectivity index (χ3v) is 4.06. The van der Waals surface area contributed by atoms with Gasteiger partial charge in [-0.15, -0.1) is 12.4 Å². The zero-order chi connectivity index (χ0) is 6.11. The second kappa shape index (κ2) is 1.54. The van der Waals surface area contributed by atoms with E-state index < -0.39 is 0 Å². The summed E-state index contributed by atoms with van der Waals surface area (Å²) in [7, 11) is 0. The topological polar surface area (TPSA) is 26.0 Å². The molecular formula is C8H14ClN. The Balaban J connectivity index is 0.000000403. The molecule has 3 aliphatic carbocycles. The van der Waals surface area contributed by atoms with E-state index in [2.05, 4.69) is 0 Å². The summed E-state index contributed by atoms with van der Waals surface area (Å²) in [6, 6.07) is 0. The molecule has 0 atom stereocenters. The lowest BCUT2D eigenvalue weighted by Crippen LogP contribution is -2.03.